The molecular formula is C22H32O5. The molecule has 0 bridgehead atoms. The highest BCUT2D eigenvalue weighted by atomic mass is 16.3. The van der Waals surface area contributed by atoms with Crippen molar-refractivity contribution in [3.8, 4) is 0 Å². The highest BCUT2D eigenvalue weighted by Crippen LogP contribution is 2.42. The fourth-order valence-electron chi connectivity index (χ4n) is 3.29. The van der Waals surface area contributed by atoms with Crippen LogP contribution in [0.1, 0.15) is 67.2 Å². The second kappa shape index (κ2) is 9.27. The van der Waals surface area contributed by atoms with Crippen LogP contribution in [0.15, 0.2) is 34.6 Å². The number of aliphatic hydroxyl groups is 2. The second-order valence-electron chi connectivity index (χ2n) is 7.89. The summed E-state index contributed by atoms with van der Waals surface area (Å²) in [6.07, 6.45) is 4.65. The minimum Gasteiger partial charge on any atom is -0.508 e. The van der Waals surface area contributed by atoms with Crippen LogP contribution in [0.4, 0.5) is 0 Å². The van der Waals surface area contributed by atoms with Gasteiger partial charge in [0.25, 0.3) is 0 Å². The molecule has 150 valence electrons. The Balaban J connectivity index is 3.43. The molecule has 0 aliphatic heterocycles. The van der Waals surface area contributed by atoms with Crippen LogP contribution in [0.5, 0.6) is 0 Å². The first-order valence-electron chi connectivity index (χ1n) is 9.52. The van der Waals surface area contributed by atoms with Crippen molar-refractivity contribution < 1.29 is 24.6 Å². The number of ketones is 3. The Bertz CT molecular complexity index is 702. The van der Waals surface area contributed by atoms with Crippen LogP contribution >= 0.6 is 0 Å². The zero-order chi connectivity index (χ0) is 20.9. The first-order chi connectivity index (χ1) is 12.5. The van der Waals surface area contributed by atoms with Gasteiger partial charge >= 0.3 is 0 Å². The summed E-state index contributed by atoms with van der Waals surface area (Å²) in [7, 11) is 0. The lowest BCUT2D eigenvalue weighted by atomic mass is 9.81. The van der Waals surface area contributed by atoms with Crippen molar-refractivity contribution in [3.05, 3.63) is 34.6 Å². The fraction of sp³-hybridized carbons (Fsp3) is 0.591. The third-order valence-corrected chi connectivity index (χ3v) is 4.96. The van der Waals surface area contributed by atoms with E-state index in [1.807, 2.05) is 34.6 Å². The molecule has 5 nitrogen and oxygen atoms in total. The number of rotatable bonds is 9. The summed E-state index contributed by atoms with van der Waals surface area (Å²) in [5.74, 6) is -4.25. The Morgan fingerprint density at radius 3 is 2.19 bits per heavy atom. The lowest BCUT2D eigenvalue weighted by Gasteiger charge is -2.27. The second-order valence-corrected chi connectivity index (χ2v) is 7.89. The number of aliphatic hydroxyl groups excluding tert-OH is 1. The van der Waals surface area contributed by atoms with E-state index in [-0.39, 0.29) is 12.8 Å². The molecule has 5 heteroatoms. The zero-order valence-corrected chi connectivity index (χ0v) is 17.3. The lowest BCUT2D eigenvalue weighted by molar-refractivity contribution is -0.144. The Labute approximate surface area is 161 Å². The van der Waals surface area contributed by atoms with Gasteiger partial charge in [0.2, 0.25) is 0 Å². The molecule has 0 aromatic rings. The highest BCUT2D eigenvalue weighted by molar-refractivity contribution is 6.26. The molecule has 2 N–H and O–H groups in total. The Morgan fingerprint density at radius 1 is 1.15 bits per heavy atom. The molecule has 27 heavy (non-hydrogen) atoms. The van der Waals surface area contributed by atoms with Gasteiger partial charge in [0.15, 0.2) is 23.0 Å². The van der Waals surface area contributed by atoms with Gasteiger partial charge in [-0.15, -0.1) is 0 Å². The highest BCUT2D eigenvalue weighted by Gasteiger charge is 2.58. The topological polar surface area (TPSA) is 91.7 Å². The molecule has 0 saturated heterocycles. The molecule has 0 aromatic carbocycles. The van der Waals surface area contributed by atoms with Crippen LogP contribution in [0.3, 0.4) is 0 Å². The predicted molar refractivity (Wildman–Crippen MR) is 105 cm³/mol. The van der Waals surface area contributed by atoms with E-state index in [0.717, 1.165) is 17.6 Å². The third-order valence-electron chi connectivity index (χ3n) is 4.96. The number of Topliss-reactive ketones (excluding diaryl/α,β-unsaturated/α-hetero) is 3. The molecule has 1 rings (SSSR count). The molecule has 0 spiro atoms. The van der Waals surface area contributed by atoms with Crippen LogP contribution < -0.4 is 0 Å². The maximum Gasteiger partial charge on any atom is 0.191 e. The molecule has 0 heterocycles. The van der Waals surface area contributed by atoms with Gasteiger partial charge in [0, 0.05) is 12.3 Å². The van der Waals surface area contributed by atoms with E-state index in [0.29, 0.717) is 6.42 Å². The number of hydrogen-bond donors (Lipinski definition) is 2. The molecule has 0 radical (unpaired) electrons. The molecule has 0 saturated carbocycles. The summed E-state index contributed by atoms with van der Waals surface area (Å²) < 4.78 is 0. The van der Waals surface area contributed by atoms with Crippen molar-refractivity contribution in [2.24, 2.45) is 11.8 Å². The minimum absolute atomic E-state index is 0.0846. The number of allylic oxidation sites excluding steroid dienone is 5. The molecular weight excluding hydrogens is 344 g/mol. The lowest BCUT2D eigenvalue weighted by Crippen LogP contribution is -2.46. The van der Waals surface area contributed by atoms with E-state index in [4.69, 9.17) is 0 Å². The number of hydrogen-bond acceptors (Lipinski definition) is 5. The van der Waals surface area contributed by atoms with Crippen molar-refractivity contribution in [3.63, 3.8) is 0 Å². The standard InChI is InChI=1S/C22H32O5/c1-7-8-15(6)19(24)18-20(25)16(11-9-13(2)3)22(27,21(18)26)17(23)12-10-14(4)5/h9-10,15-16,26-27H,7-8,11-12H2,1-6H3/t15?,16-,22-/m0/s1. The van der Waals surface area contributed by atoms with E-state index in [1.54, 1.807) is 19.1 Å². The van der Waals surface area contributed by atoms with Crippen molar-refractivity contribution in [1.82, 2.24) is 0 Å². The molecule has 0 fully saturated rings. The number of carbonyl (C=O) groups excluding carboxylic acids is 3. The normalized spacial score (nSPS) is 23.2. The number of carbonyl (C=O) groups is 3. The summed E-state index contributed by atoms with van der Waals surface area (Å²) in [5.41, 5.74) is -0.962. The fourth-order valence-corrected chi connectivity index (χ4v) is 3.29. The SMILES string of the molecule is CCCC(C)C(=O)C1=C(O)[C@@](O)(C(=O)CC=C(C)C)[C@@H](CC=C(C)C)C1=O. The van der Waals surface area contributed by atoms with Gasteiger partial charge in [-0.25, -0.2) is 0 Å². The summed E-state index contributed by atoms with van der Waals surface area (Å²) in [4.78, 5) is 38.4. The average molecular weight is 376 g/mol. The Kier molecular flexibility index (Phi) is 7.90. The van der Waals surface area contributed by atoms with Gasteiger partial charge < -0.3 is 10.2 Å². The molecule has 1 aliphatic rings. The van der Waals surface area contributed by atoms with Crippen LogP contribution in [0, 0.1) is 11.8 Å². The largest absolute Gasteiger partial charge is 0.508 e. The van der Waals surface area contributed by atoms with E-state index in [1.165, 1.54) is 0 Å². The third kappa shape index (κ3) is 4.83. The van der Waals surface area contributed by atoms with Crippen LogP contribution in [-0.4, -0.2) is 33.2 Å². The average Bonchev–Trinajstić information content (AvgIpc) is 2.77. The molecule has 0 amide bonds. The van der Waals surface area contributed by atoms with E-state index >= 15 is 0 Å². The van der Waals surface area contributed by atoms with Crippen LogP contribution in [0.25, 0.3) is 0 Å². The van der Waals surface area contributed by atoms with Crippen LogP contribution in [0.2, 0.25) is 0 Å². The van der Waals surface area contributed by atoms with Crippen molar-refractivity contribution >= 4 is 17.3 Å². The molecule has 1 aliphatic carbocycles. The first-order valence-corrected chi connectivity index (χ1v) is 9.52. The quantitative estimate of drug-likeness (QED) is 0.468. The molecule has 3 atom stereocenters. The first kappa shape index (κ1) is 23.0. The van der Waals surface area contributed by atoms with Gasteiger partial charge in [-0.1, -0.05) is 43.6 Å². The minimum atomic E-state index is -2.36. The Morgan fingerprint density at radius 2 is 1.70 bits per heavy atom. The van der Waals surface area contributed by atoms with Gasteiger partial charge in [-0.2, -0.15) is 0 Å². The van der Waals surface area contributed by atoms with Gasteiger partial charge in [-0.3, -0.25) is 14.4 Å². The van der Waals surface area contributed by atoms with Crippen molar-refractivity contribution in [1.29, 1.82) is 0 Å². The molecule has 0 aromatic heterocycles. The van der Waals surface area contributed by atoms with E-state index in [9.17, 15) is 24.6 Å². The van der Waals surface area contributed by atoms with Gasteiger partial charge in [0.1, 0.15) is 11.3 Å². The van der Waals surface area contributed by atoms with Crippen molar-refractivity contribution in [2.75, 3.05) is 0 Å². The van der Waals surface area contributed by atoms with Gasteiger partial charge in [0.05, 0.1) is 5.92 Å². The maximum absolute atomic E-state index is 12.9. The zero-order valence-electron chi connectivity index (χ0n) is 17.3. The summed E-state index contributed by atoms with van der Waals surface area (Å²) >= 11 is 0. The molecule has 1 unspecified atom stereocenters. The maximum atomic E-state index is 12.9. The van der Waals surface area contributed by atoms with E-state index in [2.05, 4.69) is 0 Å². The van der Waals surface area contributed by atoms with Crippen LogP contribution in [-0.2, 0) is 14.4 Å². The van der Waals surface area contributed by atoms with Gasteiger partial charge in [-0.05, 0) is 40.5 Å². The predicted octanol–water partition coefficient (Wildman–Crippen LogP) is 4.02. The van der Waals surface area contributed by atoms with Crippen molar-refractivity contribution in [2.45, 2.75) is 72.8 Å². The van der Waals surface area contributed by atoms with E-state index < -0.39 is 46.1 Å². The summed E-state index contributed by atoms with van der Waals surface area (Å²) in [6, 6.07) is 0. The monoisotopic (exact) mass is 376 g/mol. The Hall–Kier alpha value is -2.01. The summed E-state index contributed by atoms with van der Waals surface area (Å²) in [6.45, 7) is 10.9. The summed E-state index contributed by atoms with van der Waals surface area (Å²) in [5, 5.41) is 21.8. The smallest absolute Gasteiger partial charge is 0.191 e.